The number of nitrogens with one attached hydrogen (secondary N) is 2. The van der Waals surface area contributed by atoms with E-state index >= 15 is 0 Å². The van der Waals surface area contributed by atoms with Crippen LogP contribution in [0.5, 0.6) is 0 Å². The fourth-order valence-electron chi connectivity index (χ4n) is 6.09. The zero-order valence-electron chi connectivity index (χ0n) is 17.2. The van der Waals surface area contributed by atoms with E-state index in [0.717, 1.165) is 22.8 Å². The van der Waals surface area contributed by atoms with Crippen LogP contribution in [0, 0.1) is 17.8 Å². The van der Waals surface area contributed by atoms with E-state index in [4.69, 9.17) is 0 Å². The van der Waals surface area contributed by atoms with E-state index in [2.05, 4.69) is 26.8 Å². The Bertz CT molecular complexity index is 1090. The molecule has 164 valence electrons. The van der Waals surface area contributed by atoms with Gasteiger partial charge in [-0.1, -0.05) is 23.5 Å². The van der Waals surface area contributed by atoms with Crippen molar-refractivity contribution >= 4 is 32.4 Å². The number of hydrogen-bond donors (Lipinski definition) is 2. The summed E-state index contributed by atoms with van der Waals surface area (Å²) in [5.74, 6) is 2.04. The van der Waals surface area contributed by atoms with Crippen LogP contribution in [0.15, 0.2) is 41.8 Å². The summed E-state index contributed by atoms with van der Waals surface area (Å²) in [5, 5.41) is 13.0. The van der Waals surface area contributed by atoms with E-state index < -0.39 is 15.9 Å². The summed E-state index contributed by atoms with van der Waals surface area (Å²) in [7, 11) is -3.70. The Morgan fingerprint density at radius 1 is 1.16 bits per heavy atom. The lowest BCUT2D eigenvalue weighted by Gasteiger charge is -2.55. The number of benzene rings is 1. The molecule has 1 aromatic carbocycles. The van der Waals surface area contributed by atoms with Crippen molar-refractivity contribution in [3.05, 3.63) is 47.5 Å². The monoisotopic (exact) mass is 458 g/mol. The summed E-state index contributed by atoms with van der Waals surface area (Å²) in [4.78, 5) is 12.8. The zero-order valence-corrected chi connectivity index (χ0v) is 18.8. The molecule has 6 rings (SSSR count). The normalized spacial score (nSPS) is 29.1. The summed E-state index contributed by atoms with van der Waals surface area (Å²) in [6.45, 7) is 3.63. The van der Waals surface area contributed by atoms with Crippen molar-refractivity contribution in [1.82, 2.24) is 14.9 Å². The standard InChI is InChI=1S/C22H26N4O3S2/c1-2-6-23-31(28,29)18-5-3-4-17(10-18)19(27)24-21-26-25-20(30-21)22-11-14-7-15(12-22)9-16(8-14)13-22/h2-5,10,14-16,23H,1,6-9,11-13H2,(H,24,26,27). The van der Waals surface area contributed by atoms with Gasteiger partial charge in [0.2, 0.25) is 15.2 Å². The molecule has 4 aliphatic rings. The summed E-state index contributed by atoms with van der Waals surface area (Å²) >= 11 is 1.47. The lowest BCUT2D eigenvalue weighted by atomic mass is 9.50. The van der Waals surface area contributed by atoms with E-state index in [1.54, 1.807) is 12.1 Å². The van der Waals surface area contributed by atoms with Crippen molar-refractivity contribution in [3.8, 4) is 0 Å². The van der Waals surface area contributed by atoms with Gasteiger partial charge in [0.1, 0.15) is 5.01 Å². The minimum absolute atomic E-state index is 0.0357. The van der Waals surface area contributed by atoms with E-state index in [1.165, 1.54) is 68.1 Å². The van der Waals surface area contributed by atoms with Gasteiger partial charge in [0, 0.05) is 17.5 Å². The van der Waals surface area contributed by atoms with Gasteiger partial charge < -0.3 is 0 Å². The molecule has 1 heterocycles. The Kier molecular flexibility index (Phi) is 5.22. The number of aromatic nitrogens is 2. The minimum Gasteiger partial charge on any atom is -0.296 e. The van der Waals surface area contributed by atoms with Gasteiger partial charge in [-0.25, -0.2) is 13.1 Å². The maximum absolute atomic E-state index is 12.8. The van der Waals surface area contributed by atoms with Gasteiger partial charge in [0.15, 0.2) is 0 Å². The number of anilines is 1. The number of amides is 1. The predicted octanol–water partition coefficient (Wildman–Crippen LogP) is 3.72. The van der Waals surface area contributed by atoms with Crippen LogP contribution < -0.4 is 10.0 Å². The lowest BCUT2D eigenvalue weighted by Crippen LogP contribution is -2.48. The molecule has 4 saturated carbocycles. The summed E-state index contributed by atoms with van der Waals surface area (Å²) in [6, 6.07) is 5.96. The molecule has 31 heavy (non-hydrogen) atoms. The summed E-state index contributed by atoms with van der Waals surface area (Å²) < 4.78 is 27.1. The van der Waals surface area contributed by atoms with Crippen LogP contribution in [-0.2, 0) is 15.4 Å². The number of hydrogen-bond acceptors (Lipinski definition) is 6. The minimum atomic E-state index is -3.70. The smallest absolute Gasteiger partial charge is 0.257 e. The van der Waals surface area contributed by atoms with Crippen molar-refractivity contribution in [1.29, 1.82) is 0 Å². The van der Waals surface area contributed by atoms with Gasteiger partial charge in [-0.2, -0.15) is 0 Å². The first-order chi connectivity index (χ1) is 14.9. The van der Waals surface area contributed by atoms with Crippen LogP contribution in [0.2, 0.25) is 0 Å². The summed E-state index contributed by atoms with van der Waals surface area (Å²) in [6.07, 6.45) is 9.14. The Morgan fingerprint density at radius 2 is 1.84 bits per heavy atom. The molecule has 2 N–H and O–H groups in total. The highest BCUT2D eigenvalue weighted by Crippen LogP contribution is 2.61. The highest BCUT2D eigenvalue weighted by Gasteiger charge is 2.53. The first-order valence-corrected chi connectivity index (χ1v) is 13.0. The van der Waals surface area contributed by atoms with Crippen LogP contribution in [0.4, 0.5) is 5.13 Å². The fourth-order valence-corrected chi connectivity index (χ4v) is 8.09. The third-order valence-electron chi connectivity index (χ3n) is 6.96. The number of sulfonamides is 1. The average molecular weight is 459 g/mol. The molecule has 0 atom stereocenters. The largest absolute Gasteiger partial charge is 0.296 e. The lowest BCUT2D eigenvalue weighted by molar-refractivity contribution is -0.00555. The van der Waals surface area contributed by atoms with Crippen molar-refractivity contribution in [2.75, 3.05) is 11.9 Å². The molecule has 0 unspecified atom stereocenters. The second-order valence-electron chi connectivity index (χ2n) is 9.23. The van der Waals surface area contributed by atoms with Gasteiger partial charge in [-0.3, -0.25) is 10.1 Å². The second kappa shape index (κ2) is 7.79. The first-order valence-electron chi connectivity index (χ1n) is 10.7. The fraction of sp³-hybridized carbons (Fsp3) is 0.500. The Labute approximate surface area is 186 Å². The highest BCUT2D eigenvalue weighted by molar-refractivity contribution is 7.89. The van der Waals surface area contributed by atoms with Crippen LogP contribution in [0.3, 0.4) is 0 Å². The van der Waals surface area contributed by atoms with Gasteiger partial charge in [-0.15, -0.1) is 16.8 Å². The van der Waals surface area contributed by atoms with Crippen LogP contribution in [-0.4, -0.2) is 31.1 Å². The Hall–Kier alpha value is -2.10. The zero-order chi connectivity index (χ0) is 21.6. The molecule has 2 aromatic rings. The molecule has 4 fully saturated rings. The first kappa shape index (κ1) is 20.8. The number of carbonyl (C=O) groups is 1. The van der Waals surface area contributed by atoms with Crippen molar-refractivity contribution in [2.24, 2.45) is 17.8 Å². The molecule has 9 heteroatoms. The number of carbonyl (C=O) groups excluding carboxylic acids is 1. The van der Waals surface area contributed by atoms with Gasteiger partial charge >= 0.3 is 0 Å². The molecule has 0 spiro atoms. The Balaban J connectivity index is 1.32. The van der Waals surface area contributed by atoms with Crippen LogP contribution in [0.25, 0.3) is 0 Å². The van der Waals surface area contributed by atoms with Crippen molar-refractivity contribution < 1.29 is 13.2 Å². The van der Waals surface area contributed by atoms with Crippen molar-refractivity contribution in [2.45, 2.75) is 48.8 Å². The average Bonchev–Trinajstić information content (AvgIpc) is 3.21. The van der Waals surface area contributed by atoms with Gasteiger partial charge in [0.25, 0.3) is 5.91 Å². The van der Waals surface area contributed by atoms with Gasteiger partial charge in [0.05, 0.1) is 4.90 Å². The molecule has 7 nitrogen and oxygen atoms in total. The maximum atomic E-state index is 12.8. The van der Waals surface area contributed by atoms with Crippen LogP contribution in [0.1, 0.15) is 53.9 Å². The van der Waals surface area contributed by atoms with Crippen LogP contribution >= 0.6 is 11.3 Å². The van der Waals surface area contributed by atoms with E-state index in [9.17, 15) is 13.2 Å². The molecule has 1 aromatic heterocycles. The maximum Gasteiger partial charge on any atom is 0.257 e. The molecule has 4 bridgehead atoms. The quantitative estimate of drug-likeness (QED) is 0.616. The summed E-state index contributed by atoms with van der Waals surface area (Å²) in [5.41, 5.74) is 0.397. The molecule has 0 saturated heterocycles. The third-order valence-corrected chi connectivity index (χ3v) is 9.47. The second-order valence-corrected chi connectivity index (χ2v) is 12.0. The predicted molar refractivity (Wildman–Crippen MR) is 120 cm³/mol. The van der Waals surface area contributed by atoms with Crippen molar-refractivity contribution in [3.63, 3.8) is 0 Å². The van der Waals surface area contributed by atoms with E-state index in [0.29, 0.717) is 5.13 Å². The van der Waals surface area contributed by atoms with Gasteiger partial charge in [-0.05, 0) is 74.5 Å². The number of nitrogens with zero attached hydrogens (tertiary/aromatic N) is 2. The Morgan fingerprint density at radius 3 is 2.48 bits per heavy atom. The van der Waals surface area contributed by atoms with E-state index in [1.807, 2.05) is 0 Å². The molecule has 0 aliphatic heterocycles. The topological polar surface area (TPSA) is 101 Å². The molecular weight excluding hydrogens is 432 g/mol. The molecule has 4 aliphatic carbocycles. The molecular formula is C22H26N4O3S2. The third kappa shape index (κ3) is 3.94. The number of rotatable bonds is 7. The SMILES string of the molecule is C=CCNS(=O)(=O)c1cccc(C(=O)Nc2nnc(C34CC5CC(CC(C5)C3)C4)s2)c1. The highest BCUT2D eigenvalue weighted by atomic mass is 32.2. The molecule has 1 amide bonds. The van der Waals surface area contributed by atoms with E-state index in [-0.39, 0.29) is 22.4 Å². The molecule has 0 radical (unpaired) electrons.